The average molecular weight is 286 g/mol. The molecule has 0 bridgehead atoms. The number of carbonyl (C=O) groups is 1. The van der Waals surface area contributed by atoms with Crippen molar-refractivity contribution in [2.75, 3.05) is 6.61 Å². The summed E-state index contributed by atoms with van der Waals surface area (Å²) in [6, 6.07) is 3.96. The summed E-state index contributed by atoms with van der Waals surface area (Å²) in [5.74, 6) is -0.0919. The second-order valence-corrected chi connectivity index (χ2v) is 4.13. The number of rotatable bonds is 3. The fraction of sp³-hybridized carbons (Fsp3) is 0.231. The molecule has 0 N–H and O–H groups in total. The van der Waals surface area contributed by atoms with E-state index >= 15 is 0 Å². The van der Waals surface area contributed by atoms with Crippen LogP contribution in [0.4, 0.5) is 13.2 Å². The largest absolute Gasteiger partial charge is 0.486 e. The van der Waals surface area contributed by atoms with Crippen LogP contribution in [0.1, 0.15) is 12.5 Å². The Hall–Kier alpha value is -2.31. The molecule has 20 heavy (non-hydrogen) atoms. The van der Waals surface area contributed by atoms with Crippen LogP contribution in [-0.2, 0) is 11.0 Å². The molecule has 2 rings (SSSR count). The van der Waals surface area contributed by atoms with Crippen LogP contribution in [0.15, 0.2) is 33.5 Å². The Labute approximate surface area is 110 Å². The standard InChI is InChI=1S/C13H9F3O4/c1-7(17)6-19-8-2-3-9-10(13(14,15)16)5-12(18)20-11(9)4-8/h2-5H,6H2,1H3. The van der Waals surface area contributed by atoms with Crippen molar-refractivity contribution < 1.29 is 27.1 Å². The van der Waals surface area contributed by atoms with Gasteiger partial charge in [-0.1, -0.05) is 0 Å². The van der Waals surface area contributed by atoms with Gasteiger partial charge in [0, 0.05) is 17.5 Å². The predicted molar refractivity (Wildman–Crippen MR) is 63.7 cm³/mol. The Morgan fingerprint density at radius 3 is 2.60 bits per heavy atom. The lowest BCUT2D eigenvalue weighted by atomic mass is 10.1. The zero-order valence-electron chi connectivity index (χ0n) is 10.3. The van der Waals surface area contributed by atoms with Gasteiger partial charge in [0.25, 0.3) is 0 Å². The second-order valence-electron chi connectivity index (χ2n) is 4.13. The minimum atomic E-state index is -4.66. The Bertz CT molecular complexity index is 716. The number of ether oxygens (including phenoxy) is 1. The van der Waals surface area contributed by atoms with Crippen LogP contribution < -0.4 is 10.4 Å². The molecule has 0 atom stereocenters. The van der Waals surface area contributed by atoms with Crippen LogP contribution in [0.25, 0.3) is 11.0 Å². The van der Waals surface area contributed by atoms with Crippen molar-refractivity contribution in [1.29, 1.82) is 0 Å². The number of fused-ring (bicyclic) bond motifs is 1. The SMILES string of the molecule is CC(=O)COc1ccc2c(C(F)(F)F)cc(=O)oc2c1. The van der Waals surface area contributed by atoms with Gasteiger partial charge in [-0.25, -0.2) is 4.79 Å². The zero-order valence-corrected chi connectivity index (χ0v) is 10.3. The van der Waals surface area contributed by atoms with Crippen molar-refractivity contribution in [2.24, 2.45) is 0 Å². The van der Waals surface area contributed by atoms with E-state index in [9.17, 15) is 22.8 Å². The summed E-state index contributed by atoms with van der Waals surface area (Å²) >= 11 is 0. The normalized spacial score (nSPS) is 11.6. The van der Waals surface area contributed by atoms with E-state index in [0.717, 1.165) is 12.1 Å². The van der Waals surface area contributed by atoms with Gasteiger partial charge in [-0.15, -0.1) is 0 Å². The minimum absolute atomic E-state index is 0.148. The summed E-state index contributed by atoms with van der Waals surface area (Å²) in [5.41, 5.74) is -2.42. The Morgan fingerprint density at radius 1 is 1.30 bits per heavy atom. The maximum absolute atomic E-state index is 12.8. The third kappa shape index (κ3) is 2.98. The van der Waals surface area contributed by atoms with Crippen LogP contribution >= 0.6 is 0 Å². The van der Waals surface area contributed by atoms with Crippen LogP contribution in [0.2, 0.25) is 0 Å². The van der Waals surface area contributed by atoms with Crippen LogP contribution in [0, 0.1) is 0 Å². The third-order valence-electron chi connectivity index (χ3n) is 2.46. The molecule has 1 heterocycles. The quantitative estimate of drug-likeness (QED) is 0.814. The summed E-state index contributed by atoms with van der Waals surface area (Å²) in [6.45, 7) is 1.09. The van der Waals surface area contributed by atoms with E-state index in [0.29, 0.717) is 6.07 Å². The van der Waals surface area contributed by atoms with Crippen molar-refractivity contribution in [3.05, 3.63) is 40.2 Å². The number of benzene rings is 1. The van der Waals surface area contributed by atoms with E-state index in [2.05, 4.69) is 0 Å². The van der Waals surface area contributed by atoms with Gasteiger partial charge in [-0.2, -0.15) is 13.2 Å². The summed E-state index contributed by atoms with van der Waals surface area (Å²) in [6.07, 6.45) is -4.66. The number of hydrogen-bond donors (Lipinski definition) is 0. The molecule has 0 saturated heterocycles. The first-order valence-electron chi connectivity index (χ1n) is 5.55. The molecule has 0 spiro atoms. The van der Waals surface area contributed by atoms with Gasteiger partial charge in [-0.05, 0) is 19.1 Å². The Balaban J connectivity index is 2.54. The van der Waals surface area contributed by atoms with Crippen molar-refractivity contribution in [1.82, 2.24) is 0 Å². The molecule has 1 aromatic carbocycles. The highest BCUT2D eigenvalue weighted by molar-refractivity contribution is 5.82. The monoisotopic (exact) mass is 286 g/mol. The molecule has 2 aromatic rings. The highest BCUT2D eigenvalue weighted by Crippen LogP contribution is 2.34. The lowest BCUT2D eigenvalue weighted by Gasteiger charge is -2.10. The maximum atomic E-state index is 12.8. The van der Waals surface area contributed by atoms with Gasteiger partial charge < -0.3 is 9.15 Å². The molecule has 0 amide bonds. The molecular weight excluding hydrogens is 277 g/mol. The summed E-state index contributed by atoms with van der Waals surface area (Å²) in [7, 11) is 0. The number of hydrogen-bond acceptors (Lipinski definition) is 4. The molecule has 0 unspecified atom stereocenters. The number of halogens is 3. The fourth-order valence-corrected chi connectivity index (χ4v) is 1.65. The van der Waals surface area contributed by atoms with Crippen molar-refractivity contribution >= 4 is 16.8 Å². The molecule has 0 aliphatic carbocycles. The van der Waals surface area contributed by atoms with Gasteiger partial charge in [0.05, 0.1) is 5.56 Å². The lowest BCUT2D eigenvalue weighted by Crippen LogP contribution is -2.11. The van der Waals surface area contributed by atoms with Crippen molar-refractivity contribution in [3.8, 4) is 5.75 Å². The molecule has 4 nitrogen and oxygen atoms in total. The molecule has 7 heteroatoms. The Morgan fingerprint density at radius 2 is 2.00 bits per heavy atom. The molecule has 0 aliphatic rings. The molecule has 0 aliphatic heterocycles. The van der Waals surface area contributed by atoms with E-state index < -0.39 is 17.4 Å². The first-order chi connectivity index (χ1) is 9.27. The average Bonchev–Trinajstić information content (AvgIpc) is 2.33. The minimum Gasteiger partial charge on any atom is -0.486 e. The molecule has 0 fully saturated rings. The second kappa shape index (κ2) is 4.99. The van der Waals surface area contributed by atoms with Crippen LogP contribution in [0.5, 0.6) is 5.75 Å². The smallest absolute Gasteiger partial charge is 0.417 e. The molecule has 106 valence electrons. The number of alkyl halides is 3. The van der Waals surface area contributed by atoms with E-state index in [4.69, 9.17) is 9.15 Å². The number of Topliss-reactive ketones (excluding diaryl/α,β-unsaturated/α-hetero) is 1. The third-order valence-corrected chi connectivity index (χ3v) is 2.46. The highest BCUT2D eigenvalue weighted by atomic mass is 19.4. The lowest BCUT2D eigenvalue weighted by molar-refractivity contribution is -0.136. The van der Waals surface area contributed by atoms with E-state index in [1.807, 2.05) is 0 Å². The number of ketones is 1. The summed E-state index contributed by atoms with van der Waals surface area (Å²) < 4.78 is 48.2. The van der Waals surface area contributed by atoms with Gasteiger partial charge in [0.15, 0.2) is 5.78 Å². The molecule has 0 saturated carbocycles. The Kier molecular flexibility index (Phi) is 3.52. The first kappa shape index (κ1) is 14.1. The molecular formula is C13H9F3O4. The predicted octanol–water partition coefficient (Wildman–Crippen LogP) is 2.78. The van der Waals surface area contributed by atoms with E-state index in [1.165, 1.54) is 13.0 Å². The van der Waals surface area contributed by atoms with Gasteiger partial charge in [0.2, 0.25) is 0 Å². The molecule has 0 radical (unpaired) electrons. The number of carbonyl (C=O) groups excluding carboxylic acids is 1. The zero-order chi connectivity index (χ0) is 14.9. The maximum Gasteiger partial charge on any atom is 0.417 e. The van der Waals surface area contributed by atoms with Crippen LogP contribution in [0.3, 0.4) is 0 Å². The van der Waals surface area contributed by atoms with Gasteiger partial charge in [0.1, 0.15) is 17.9 Å². The van der Waals surface area contributed by atoms with E-state index in [1.54, 1.807) is 0 Å². The van der Waals surface area contributed by atoms with E-state index in [-0.39, 0.29) is 29.1 Å². The highest BCUT2D eigenvalue weighted by Gasteiger charge is 2.33. The summed E-state index contributed by atoms with van der Waals surface area (Å²) in [4.78, 5) is 21.9. The molecule has 1 aromatic heterocycles. The van der Waals surface area contributed by atoms with Crippen molar-refractivity contribution in [2.45, 2.75) is 13.1 Å². The van der Waals surface area contributed by atoms with Gasteiger partial charge in [-0.3, -0.25) is 4.79 Å². The first-order valence-corrected chi connectivity index (χ1v) is 5.55. The van der Waals surface area contributed by atoms with Crippen LogP contribution in [-0.4, -0.2) is 12.4 Å². The van der Waals surface area contributed by atoms with Crippen molar-refractivity contribution in [3.63, 3.8) is 0 Å². The summed E-state index contributed by atoms with van der Waals surface area (Å²) in [5, 5.41) is -0.243. The van der Waals surface area contributed by atoms with Gasteiger partial charge >= 0.3 is 11.8 Å². The fourth-order valence-electron chi connectivity index (χ4n) is 1.65. The topological polar surface area (TPSA) is 56.5 Å².